The molecule has 0 aliphatic heterocycles. The summed E-state index contributed by atoms with van der Waals surface area (Å²) in [5, 5.41) is 9.48. The van der Waals surface area contributed by atoms with E-state index in [1.54, 1.807) is 0 Å². The zero-order valence-electron chi connectivity index (χ0n) is 25.1. The fourth-order valence-corrected chi connectivity index (χ4v) is 5.67. The second-order valence-electron chi connectivity index (χ2n) is 12.1. The number of aromatic nitrogens is 5. The van der Waals surface area contributed by atoms with Crippen molar-refractivity contribution in [1.82, 2.24) is 24.4 Å². The van der Waals surface area contributed by atoms with Gasteiger partial charge >= 0.3 is 0 Å². The fourth-order valence-electron chi connectivity index (χ4n) is 4.77. The molecule has 0 N–H and O–H groups in total. The van der Waals surface area contributed by atoms with Crippen LogP contribution in [0.5, 0.6) is 5.75 Å². The summed E-state index contributed by atoms with van der Waals surface area (Å²) in [7, 11) is 0. The van der Waals surface area contributed by atoms with Crippen LogP contribution in [0.3, 0.4) is 0 Å². The lowest BCUT2D eigenvalue weighted by molar-refractivity contribution is 0.289. The molecule has 0 bridgehead atoms. The number of thiazole rings is 1. The number of rotatable bonds is 8. The van der Waals surface area contributed by atoms with Gasteiger partial charge in [-0.25, -0.2) is 4.68 Å². The lowest BCUT2D eigenvalue weighted by atomic mass is 9.87. The highest BCUT2D eigenvalue weighted by Gasteiger charge is 2.17. The van der Waals surface area contributed by atoms with E-state index in [0.717, 1.165) is 40.2 Å². The standard InChI is InChI=1S/C35H35N5O2S/c1-23(2)19-20-42-29-17-13-24(14-18-29)31-26(22-39(37-31)28-9-7-6-8-10-28)21-30-33(41)40-34(43-30)36-32(38-40)25-11-15-27(16-12-25)35(3,4)5/h6-18,21-23H,19-20H2,1-5H3. The van der Waals surface area contributed by atoms with Crippen LogP contribution >= 0.6 is 11.3 Å². The summed E-state index contributed by atoms with van der Waals surface area (Å²) < 4.78 is 9.71. The Hall–Kier alpha value is -4.56. The summed E-state index contributed by atoms with van der Waals surface area (Å²) in [6, 6.07) is 26.1. The molecule has 0 unspecified atom stereocenters. The number of benzene rings is 3. The molecule has 0 amide bonds. The summed E-state index contributed by atoms with van der Waals surface area (Å²) in [6.07, 6.45) is 4.84. The minimum absolute atomic E-state index is 0.0594. The van der Waals surface area contributed by atoms with E-state index in [1.807, 2.05) is 83.7 Å². The maximum absolute atomic E-state index is 13.5. The number of ether oxygens (including phenoxy) is 1. The van der Waals surface area contributed by atoms with Crippen molar-refractivity contribution in [3.05, 3.63) is 111 Å². The van der Waals surface area contributed by atoms with Crippen LogP contribution < -0.4 is 14.8 Å². The van der Waals surface area contributed by atoms with Crippen molar-refractivity contribution in [2.45, 2.75) is 46.5 Å². The zero-order chi connectivity index (χ0) is 30.1. The van der Waals surface area contributed by atoms with Crippen LogP contribution in [0.25, 0.3) is 39.4 Å². The van der Waals surface area contributed by atoms with Crippen molar-refractivity contribution in [3.63, 3.8) is 0 Å². The van der Waals surface area contributed by atoms with Crippen LogP contribution in [-0.2, 0) is 5.41 Å². The Morgan fingerprint density at radius 3 is 2.26 bits per heavy atom. The molecule has 7 nitrogen and oxygen atoms in total. The molecular formula is C35H35N5O2S. The summed E-state index contributed by atoms with van der Waals surface area (Å²) >= 11 is 1.33. The van der Waals surface area contributed by atoms with Crippen LogP contribution in [-0.4, -0.2) is 31.0 Å². The predicted octanol–water partition coefficient (Wildman–Crippen LogP) is 6.94. The Labute approximate surface area is 255 Å². The molecule has 0 saturated heterocycles. The van der Waals surface area contributed by atoms with Gasteiger partial charge < -0.3 is 4.74 Å². The van der Waals surface area contributed by atoms with Gasteiger partial charge in [-0.1, -0.05) is 88.4 Å². The first kappa shape index (κ1) is 28.6. The van der Waals surface area contributed by atoms with Crippen molar-refractivity contribution in [2.75, 3.05) is 6.61 Å². The number of hydrogen-bond donors (Lipinski definition) is 0. The van der Waals surface area contributed by atoms with Gasteiger partial charge in [0.15, 0.2) is 5.82 Å². The molecule has 3 aromatic heterocycles. The highest BCUT2D eigenvalue weighted by atomic mass is 32.1. The second-order valence-corrected chi connectivity index (χ2v) is 13.2. The van der Waals surface area contributed by atoms with E-state index in [0.29, 0.717) is 27.8 Å². The van der Waals surface area contributed by atoms with E-state index in [4.69, 9.17) is 14.8 Å². The Morgan fingerprint density at radius 1 is 0.907 bits per heavy atom. The topological polar surface area (TPSA) is 74.3 Å². The molecule has 6 rings (SSSR count). The van der Waals surface area contributed by atoms with Gasteiger partial charge in [-0.3, -0.25) is 4.79 Å². The molecule has 0 aliphatic rings. The molecule has 0 spiro atoms. The number of hydrogen-bond acceptors (Lipinski definition) is 6. The summed E-state index contributed by atoms with van der Waals surface area (Å²) in [5.74, 6) is 1.96. The molecule has 6 aromatic rings. The summed E-state index contributed by atoms with van der Waals surface area (Å²) in [5.41, 5.74) is 5.46. The van der Waals surface area contributed by atoms with E-state index in [9.17, 15) is 4.79 Å². The minimum Gasteiger partial charge on any atom is -0.494 e. The highest BCUT2D eigenvalue weighted by molar-refractivity contribution is 7.15. The first-order valence-corrected chi connectivity index (χ1v) is 15.4. The lowest BCUT2D eigenvalue weighted by Crippen LogP contribution is -2.23. The normalized spacial score (nSPS) is 12.5. The van der Waals surface area contributed by atoms with Gasteiger partial charge in [0.05, 0.1) is 16.8 Å². The quantitative estimate of drug-likeness (QED) is 0.192. The zero-order valence-corrected chi connectivity index (χ0v) is 25.9. The average molecular weight is 590 g/mol. The molecule has 0 atom stereocenters. The molecule has 3 aromatic carbocycles. The van der Waals surface area contributed by atoms with Crippen LogP contribution in [0.4, 0.5) is 0 Å². The van der Waals surface area contributed by atoms with E-state index in [2.05, 4.69) is 51.9 Å². The predicted molar refractivity (Wildman–Crippen MR) is 174 cm³/mol. The summed E-state index contributed by atoms with van der Waals surface area (Å²) in [4.78, 5) is 18.7. The number of nitrogens with zero attached hydrogens (tertiary/aromatic N) is 5. The average Bonchev–Trinajstić information content (AvgIpc) is 3.68. The third kappa shape index (κ3) is 6.15. The SMILES string of the molecule is CC(C)CCOc1ccc(-c2nn(-c3ccccc3)cc2C=c2sc3nc(-c4ccc(C(C)(C)C)cc4)nn3c2=O)cc1. The van der Waals surface area contributed by atoms with E-state index < -0.39 is 0 Å². The number of para-hydroxylation sites is 1. The van der Waals surface area contributed by atoms with E-state index >= 15 is 0 Å². The molecule has 0 saturated carbocycles. The first-order valence-electron chi connectivity index (χ1n) is 14.6. The largest absolute Gasteiger partial charge is 0.494 e. The van der Waals surface area contributed by atoms with Gasteiger partial charge in [0.25, 0.3) is 5.56 Å². The van der Waals surface area contributed by atoms with Gasteiger partial charge in [0.1, 0.15) is 11.4 Å². The number of fused-ring (bicyclic) bond motifs is 1. The van der Waals surface area contributed by atoms with Crippen molar-refractivity contribution in [2.24, 2.45) is 5.92 Å². The van der Waals surface area contributed by atoms with Gasteiger partial charge in [-0.15, -0.1) is 5.10 Å². The Morgan fingerprint density at radius 2 is 1.60 bits per heavy atom. The van der Waals surface area contributed by atoms with Crippen molar-refractivity contribution in [3.8, 4) is 34.1 Å². The molecule has 0 fully saturated rings. The molecule has 0 aliphatic carbocycles. The van der Waals surface area contributed by atoms with Crippen molar-refractivity contribution >= 4 is 22.4 Å². The van der Waals surface area contributed by atoms with Crippen LogP contribution in [0.2, 0.25) is 0 Å². The molecule has 218 valence electrons. The maximum Gasteiger partial charge on any atom is 0.291 e. The third-order valence-corrected chi connectivity index (χ3v) is 8.29. The maximum atomic E-state index is 13.5. The Bertz CT molecular complexity index is 1960. The van der Waals surface area contributed by atoms with Crippen LogP contribution in [0.1, 0.15) is 52.2 Å². The van der Waals surface area contributed by atoms with Crippen molar-refractivity contribution in [1.29, 1.82) is 0 Å². The molecule has 43 heavy (non-hydrogen) atoms. The van der Waals surface area contributed by atoms with E-state index in [1.165, 1.54) is 21.4 Å². The first-order chi connectivity index (χ1) is 20.7. The lowest BCUT2D eigenvalue weighted by Gasteiger charge is -2.18. The van der Waals surface area contributed by atoms with E-state index in [-0.39, 0.29) is 11.0 Å². The minimum atomic E-state index is -0.197. The Balaban J connectivity index is 1.36. The molecule has 3 heterocycles. The second kappa shape index (κ2) is 11.6. The fraction of sp³-hybridized carbons (Fsp3) is 0.257. The Kier molecular flexibility index (Phi) is 7.71. The molecule has 0 radical (unpaired) electrons. The molecule has 8 heteroatoms. The van der Waals surface area contributed by atoms with Crippen LogP contribution in [0, 0.1) is 5.92 Å². The van der Waals surface area contributed by atoms with Crippen LogP contribution in [0.15, 0.2) is 89.9 Å². The van der Waals surface area contributed by atoms with Gasteiger partial charge in [-0.05, 0) is 65.8 Å². The smallest absolute Gasteiger partial charge is 0.291 e. The van der Waals surface area contributed by atoms with Gasteiger partial charge in [0, 0.05) is 22.9 Å². The highest BCUT2D eigenvalue weighted by Crippen LogP contribution is 2.28. The van der Waals surface area contributed by atoms with Gasteiger partial charge in [-0.2, -0.15) is 14.6 Å². The molecular weight excluding hydrogens is 554 g/mol. The van der Waals surface area contributed by atoms with Crippen molar-refractivity contribution < 1.29 is 4.74 Å². The monoisotopic (exact) mass is 589 g/mol. The summed E-state index contributed by atoms with van der Waals surface area (Å²) in [6.45, 7) is 11.6. The van der Waals surface area contributed by atoms with Gasteiger partial charge in [0.2, 0.25) is 4.96 Å². The third-order valence-electron chi connectivity index (χ3n) is 7.33.